The van der Waals surface area contributed by atoms with Crippen molar-refractivity contribution in [1.29, 1.82) is 0 Å². The van der Waals surface area contributed by atoms with E-state index in [4.69, 9.17) is 0 Å². The van der Waals surface area contributed by atoms with E-state index in [9.17, 15) is 14.4 Å². The summed E-state index contributed by atoms with van der Waals surface area (Å²) in [7, 11) is 0. The smallest absolute Gasteiger partial charge is 0.234 e. The van der Waals surface area contributed by atoms with Crippen LogP contribution in [0, 0.1) is 6.92 Å². The molecule has 1 aliphatic carbocycles. The molecule has 1 amide bonds. The minimum absolute atomic E-state index is 0.0556. The average molecular weight is 466 g/mol. The van der Waals surface area contributed by atoms with Crippen molar-refractivity contribution in [2.45, 2.75) is 12.1 Å². The molecule has 7 heteroatoms. The fourth-order valence-electron chi connectivity index (χ4n) is 3.93. The molecule has 1 heterocycles. The lowest BCUT2D eigenvalue weighted by atomic mass is 9.83. The maximum atomic E-state index is 13.1. The van der Waals surface area contributed by atoms with Crippen molar-refractivity contribution in [2.24, 2.45) is 0 Å². The number of thioether (sulfide) groups is 1. The Morgan fingerprint density at radius 2 is 1.50 bits per heavy atom. The fourth-order valence-corrected chi connectivity index (χ4v) is 4.63. The summed E-state index contributed by atoms with van der Waals surface area (Å²) in [5, 5.41) is 3.28. The van der Waals surface area contributed by atoms with Crippen LogP contribution in [0.5, 0.6) is 0 Å². The van der Waals surface area contributed by atoms with Crippen molar-refractivity contribution in [3.63, 3.8) is 0 Å². The van der Waals surface area contributed by atoms with E-state index in [-0.39, 0.29) is 28.8 Å². The van der Waals surface area contributed by atoms with Gasteiger partial charge < -0.3 is 5.32 Å². The molecular weight excluding hydrogens is 446 g/mol. The number of nitrogens with zero attached hydrogens (tertiary/aromatic N) is 2. The lowest BCUT2D eigenvalue weighted by molar-refractivity contribution is -0.113. The van der Waals surface area contributed by atoms with Crippen LogP contribution in [0.2, 0.25) is 0 Å². The van der Waals surface area contributed by atoms with E-state index in [1.165, 1.54) is 11.8 Å². The van der Waals surface area contributed by atoms with Crippen LogP contribution < -0.4 is 5.32 Å². The quantitative estimate of drug-likeness (QED) is 0.292. The van der Waals surface area contributed by atoms with E-state index < -0.39 is 0 Å². The Morgan fingerprint density at radius 3 is 2.26 bits per heavy atom. The number of ketones is 2. The summed E-state index contributed by atoms with van der Waals surface area (Å²) in [5.41, 5.74) is 4.13. The SMILES string of the molecule is Cc1cc(-c2ccccc2)nc(SCC(=O)Nc2cccc3c2C(=O)c2ccccc2C3=O)n1. The van der Waals surface area contributed by atoms with Crippen LogP contribution >= 0.6 is 11.8 Å². The van der Waals surface area contributed by atoms with Crippen LogP contribution in [0.3, 0.4) is 0 Å². The van der Waals surface area contributed by atoms with Crippen molar-refractivity contribution in [1.82, 2.24) is 9.97 Å². The topological polar surface area (TPSA) is 89.0 Å². The number of carbonyl (C=O) groups excluding carboxylic acids is 3. The van der Waals surface area contributed by atoms with Gasteiger partial charge >= 0.3 is 0 Å². The molecule has 0 radical (unpaired) electrons. The zero-order valence-electron chi connectivity index (χ0n) is 18.2. The summed E-state index contributed by atoms with van der Waals surface area (Å²) >= 11 is 1.21. The monoisotopic (exact) mass is 465 g/mol. The summed E-state index contributed by atoms with van der Waals surface area (Å²) in [5.74, 6) is -0.760. The van der Waals surface area contributed by atoms with Gasteiger partial charge in [0.1, 0.15) is 0 Å². The summed E-state index contributed by atoms with van der Waals surface area (Å²) in [6.07, 6.45) is 0. The molecule has 0 spiro atoms. The van der Waals surface area contributed by atoms with Crippen molar-refractivity contribution >= 4 is 34.9 Å². The van der Waals surface area contributed by atoms with Crippen LogP contribution in [0.1, 0.15) is 37.5 Å². The highest BCUT2D eigenvalue weighted by atomic mass is 32.2. The van der Waals surface area contributed by atoms with Gasteiger partial charge in [-0.15, -0.1) is 0 Å². The first kappa shape index (κ1) is 21.7. The molecule has 1 aliphatic rings. The number of anilines is 1. The number of hydrogen-bond donors (Lipinski definition) is 1. The van der Waals surface area contributed by atoms with Crippen LogP contribution in [0.15, 0.2) is 84.0 Å². The molecule has 0 aliphatic heterocycles. The van der Waals surface area contributed by atoms with E-state index in [1.807, 2.05) is 43.3 Å². The van der Waals surface area contributed by atoms with Gasteiger partial charge in [0, 0.05) is 27.9 Å². The Bertz CT molecular complexity index is 1450. The van der Waals surface area contributed by atoms with E-state index in [0.29, 0.717) is 27.5 Å². The predicted molar refractivity (Wildman–Crippen MR) is 131 cm³/mol. The molecule has 0 fully saturated rings. The summed E-state index contributed by atoms with van der Waals surface area (Å²) in [6, 6.07) is 23.3. The second kappa shape index (κ2) is 9.03. The van der Waals surface area contributed by atoms with Crippen molar-refractivity contribution in [3.8, 4) is 11.3 Å². The Balaban J connectivity index is 1.35. The lowest BCUT2D eigenvalue weighted by Crippen LogP contribution is -2.24. The van der Waals surface area contributed by atoms with Gasteiger partial charge in [-0.25, -0.2) is 9.97 Å². The van der Waals surface area contributed by atoms with E-state index in [0.717, 1.165) is 17.0 Å². The van der Waals surface area contributed by atoms with Gasteiger partial charge in [0.2, 0.25) is 5.91 Å². The molecule has 34 heavy (non-hydrogen) atoms. The highest BCUT2D eigenvalue weighted by molar-refractivity contribution is 7.99. The van der Waals surface area contributed by atoms with Crippen LogP contribution in [0.25, 0.3) is 11.3 Å². The second-order valence-electron chi connectivity index (χ2n) is 7.81. The highest BCUT2D eigenvalue weighted by Crippen LogP contribution is 2.32. The number of nitrogens with one attached hydrogen (secondary N) is 1. The van der Waals surface area contributed by atoms with Gasteiger partial charge in [-0.05, 0) is 19.1 Å². The first-order valence-corrected chi connectivity index (χ1v) is 11.6. The molecule has 4 aromatic rings. The highest BCUT2D eigenvalue weighted by Gasteiger charge is 2.31. The van der Waals surface area contributed by atoms with Gasteiger partial charge in [0.15, 0.2) is 16.7 Å². The minimum atomic E-state index is -0.316. The minimum Gasteiger partial charge on any atom is -0.325 e. The maximum absolute atomic E-state index is 13.1. The summed E-state index contributed by atoms with van der Waals surface area (Å²) < 4.78 is 0. The van der Waals surface area contributed by atoms with Gasteiger partial charge in [0.05, 0.1) is 22.7 Å². The van der Waals surface area contributed by atoms with E-state index in [2.05, 4.69) is 15.3 Å². The third kappa shape index (κ3) is 4.13. The summed E-state index contributed by atoms with van der Waals surface area (Å²) in [4.78, 5) is 47.8. The van der Waals surface area contributed by atoms with Crippen molar-refractivity contribution in [2.75, 3.05) is 11.1 Å². The molecule has 166 valence electrons. The third-order valence-electron chi connectivity index (χ3n) is 5.46. The summed E-state index contributed by atoms with van der Waals surface area (Å²) in [6.45, 7) is 1.88. The molecular formula is C27H19N3O3S. The van der Waals surface area contributed by atoms with Gasteiger partial charge in [0.25, 0.3) is 0 Å². The first-order chi connectivity index (χ1) is 16.5. The normalized spacial score (nSPS) is 12.1. The molecule has 0 saturated carbocycles. The molecule has 0 bridgehead atoms. The van der Waals surface area contributed by atoms with Crippen LogP contribution in [0.4, 0.5) is 5.69 Å². The number of rotatable bonds is 5. The predicted octanol–water partition coefficient (Wildman–Crippen LogP) is 4.96. The van der Waals surface area contributed by atoms with E-state index >= 15 is 0 Å². The second-order valence-corrected chi connectivity index (χ2v) is 8.75. The number of hydrogen-bond acceptors (Lipinski definition) is 6. The Morgan fingerprint density at radius 1 is 0.824 bits per heavy atom. The zero-order valence-corrected chi connectivity index (χ0v) is 19.1. The first-order valence-electron chi connectivity index (χ1n) is 10.7. The molecule has 1 N–H and O–H groups in total. The Labute approximate surface area is 200 Å². The fraction of sp³-hybridized carbons (Fsp3) is 0.0741. The third-order valence-corrected chi connectivity index (χ3v) is 6.31. The molecule has 6 nitrogen and oxygen atoms in total. The van der Waals surface area contributed by atoms with Gasteiger partial charge in [-0.2, -0.15) is 0 Å². The largest absolute Gasteiger partial charge is 0.325 e. The standard InChI is InChI=1S/C27H19N3O3S/c1-16-14-22(17-8-3-2-4-9-17)30-27(28-16)34-15-23(31)29-21-13-7-12-20-24(21)26(33)19-11-6-5-10-18(19)25(20)32/h2-14H,15H2,1H3,(H,29,31). The van der Waals surface area contributed by atoms with Crippen molar-refractivity contribution < 1.29 is 14.4 Å². The zero-order chi connectivity index (χ0) is 23.7. The molecule has 0 unspecified atom stereocenters. The number of fused-ring (bicyclic) bond motifs is 2. The molecule has 0 atom stereocenters. The average Bonchev–Trinajstić information content (AvgIpc) is 2.86. The van der Waals surface area contributed by atoms with Crippen LogP contribution in [-0.4, -0.2) is 33.2 Å². The van der Waals surface area contributed by atoms with Gasteiger partial charge in [-0.1, -0.05) is 78.5 Å². The van der Waals surface area contributed by atoms with Crippen LogP contribution in [-0.2, 0) is 4.79 Å². The maximum Gasteiger partial charge on any atom is 0.234 e. The number of benzene rings is 3. The van der Waals surface area contributed by atoms with E-state index in [1.54, 1.807) is 42.5 Å². The molecule has 5 rings (SSSR count). The number of carbonyl (C=O) groups is 3. The van der Waals surface area contributed by atoms with Gasteiger partial charge in [-0.3, -0.25) is 14.4 Å². The number of amides is 1. The Hall–Kier alpha value is -4.10. The molecule has 1 aromatic heterocycles. The molecule has 3 aromatic carbocycles. The molecule has 0 saturated heterocycles. The number of aryl methyl sites for hydroxylation is 1. The van der Waals surface area contributed by atoms with Crippen molar-refractivity contribution in [3.05, 3.63) is 107 Å². The number of aromatic nitrogens is 2. The lowest BCUT2D eigenvalue weighted by Gasteiger charge is -2.20. The Kier molecular flexibility index (Phi) is 5.77.